The molecule has 43 heavy (non-hydrogen) atoms. The lowest BCUT2D eigenvalue weighted by Crippen LogP contribution is -2.64. The topological polar surface area (TPSA) is 133 Å². The molecule has 2 N–H and O–H groups in total. The molecule has 2 atom stereocenters. The number of carboxylic acids is 1. The van der Waals surface area contributed by atoms with Gasteiger partial charge in [-0.2, -0.15) is 13.5 Å². The predicted molar refractivity (Wildman–Crippen MR) is 167 cm³/mol. The van der Waals surface area contributed by atoms with E-state index in [0.29, 0.717) is 16.8 Å². The molecule has 238 valence electrons. The number of hydrogen-bond donors (Lipinski definition) is 2. The van der Waals surface area contributed by atoms with Crippen LogP contribution in [0.5, 0.6) is 0 Å². The van der Waals surface area contributed by atoms with Crippen LogP contribution in [-0.2, 0) is 33.4 Å². The van der Waals surface area contributed by atoms with Gasteiger partial charge >= 0.3 is 20.2 Å². The minimum Gasteiger partial charge on any atom is -0.481 e. The Kier molecular flexibility index (Phi) is 8.35. The summed E-state index contributed by atoms with van der Waals surface area (Å²) in [7, 11) is -5.94. The number of rotatable bonds is 8. The van der Waals surface area contributed by atoms with Gasteiger partial charge in [0.05, 0.1) is 32.7 Å². The third-order valence-corrected chi connectivity index (χ3v) is 11.9. The Morgan fingerprint density at radius 2 is 1.28 bits per heavy atom. The van der Waals surface area contributed by atoms with Crippen LogP contribution in [0.3, 0.4) is 0 Å². The molecule has 0 aromatic heterocycles. The Balaban J connectivity index is 1.79. The minimum absolute atomic E-state index is 0.0294. The third-order valence-electron chi connectivity index (χ3n) is 10.4. The van der Waals surface area contributed by atoms with E-state index >= 15 is 0 Å². The quantitative estimate of drug-likeness (QED) is 0.304. The van der Waals surface area contributed by atoms with Crippen LogP contribution in [0.15, 0.2) is 22.1 Å². The van der Waals surface area contributed by atoms with Crippen LogP contribution in [0.4, 0.5) is 0 Å². The van der Waals surface area contributed by atoms with Crippen molar-refractivity contribution < 1.29 is 36.9 Å². The summed E-state index contributed by atoms with van der Waals surface area (Å²) in [6.07, 6.45) is -0.0294. The van der Waals surface area contributed by atoms with E-state index in [-0.39, 0.29) is 17.2 Å². The van der Waals surface area contributed by atoms with E-state index in [0.717, 1.165) is 5.56 Å². The summed E-state index contributed by atoms with van der Waals surface area (Å²) < 4.78 is 52.8. The van der Waals surface area contributed by atoms with Gasteiger partial charge in [0, 0.05) is 23.8 Å². The normalized spacial score (nSPS) is 28.5. The fourth-order valence-electron chi connectivity index (χ4n) is 6.89. The molecule has 2 heterocycles. The first-order valence-electron chi connectivity index (χ1n) is 15.0. The maximum Gasteiger partial charge on any atom is 0.460 e. The molecule has 1 aromatic rings. The summed E-state index contributed by atoms with van der Waals surface area (Å²) in [5.74, 6) is -1.94. The van der Waals surface area contributed by atoms with Gasteiger partial charge in [-0.3, -0.25) is 4.79 Å². The maximum absolute atomic E-state index is 13.5. The number of hydrogen-bond acceptors (Lipinski definition) is 8. The molecule has 10 nitrogen and oxygen atoms in total. The summed E-state index contributed by atoms with van der Waals surface area (Å²) >= 11 is 0. The fraction of sp³-hybridized carbons (Fsp3) is 0.733. The summed E-state index contributed by atoms with van der Waals surface area (Å²) in [5.41, 5.74) is -2.66. The van der Waals surface area contributed by atoms with Gasteiger partial charge < -0.3 is 23.7 Å². The van der Waals surface area contributed by atoms with E-state index in [2.05, 4.69) is 9.93 Å². The highest BCUT2D eigenvalue weighted by Crippen LogP contribution is 2.61. The Bertz CT molecular complexity index is 1350. The molecular formula is C30H48B2N2O8S. The van der Waals surface area contributed by atoms with E-state index < -0.39 is 69.7 Å². The minimum atomic E-state index is -4.01. The van der Waals surface area contributed by atoms with E-state index in [4.69, 9.17) is 18.6 Å². The highest BCUT2D eigenvalue weighted by molar-refractivity contribution is 7.89. The molecule has 0 radical (unpaired) electrons. The molecule has 0 amide bonds. The Hall–Kier alpha value is -1.92. The summed E-state index contributed by atoms with van der Waals surface area (Å²) in [5, 5.41) is 15.4. The van der Waals surface area contributed by atoms with Crippen LogP contribution in [-0.4, -0.2) is 61.8 Å². The first-order chi connectivity index (χ1) is 19.4. The highest BCUT2D eigenvalue weighted by Gasteiger charge is 2.74. The molecule has 13 heteroatoms. The van der Waals surface area contributed by atoms with Crippen LogP contribution < -0.4 is 4.83 Å². The van der Waals surface area contributed by atoms with Crippen molar-refractivity contribution in [2.45, 2.75) is 129 Å². The van der Waals surface area contributed by atoms with Crippen molar-refractivity contribution in [3.8, 4) is 0 Å². The first-order valence-corrected chi connectivity index (χ1v) is 16.5. The van der Waals surface area contributed by atoms with E-state index in [1.807, 2.05) is 88.3 Å². The van der Waals surface area contributed by atoms with Crippen LogP contribution in [0.1, 0.15) is 92.3 Å². The molecule has 0 bridgehead atoms. The van der Waals surface area contributed by atoms with Gasteiger partial charge in [-0.1, -0.05) is 31.5 Å². The van der Waals surface area contributed by atoms with Gasteiger partial charge in [-0.15, -0.1) is 0 Å². The van der Waals surface area contributed by atoms with Crippen LogP contribution in [0.2, 0.25) is 5.72 Å². The average Bonchev–Trinajstić information content (AvgIpc) is 3.12. The number of benzene rings is 1. The second kappa shape index (κ2) is 10.6. The zero-order valence-corrected chi connectivity index (χ0v) is 28.7. The van der Waals surface area contributed by atoms with Gasteiger partial charge in [0.15, 0.2) is 0 Å². The van der Waals surface area contributed by atoms with Crippen LogP contribution >= 0.6 is 0 Å². The number of aliphatic carboxylic acids is 1. The Morgan fingerprint density at radius 1 is 0.884 bits per heavy atom. The molecule has 1 saturated carbocycles. The SMILES string of the molecule is Cc1cc(C)c(S(=O)(=O)NN=C2CC(C(=O)O)(C(B3OC(C)(C)C(C)(C)O3)B3OC(C)(C)C(C)(C)O3)C2C(C)C)c(C)c1. The van der Waals surface area contributed by atoms with Gasteiger partial charge in [0.1, 0.15) is 0 Å². The lowest BCUT2D eigenvalue weighted by atomic mass is 9.33. The van der Waals surface area contributed by atoms with Gasteiger partial charge in [-0.05, 0) is 93.2 Å². The van der Waals surface area contributed by atoms with Crippen molar-refractivity contribution >= 4 is 35.9 Å². The molecule has 2 unspecified atom stereocenters. The molecule has 2 aliphatic heterocycles. The zero-order valence-electron chi connectivity index (χ0n) is 27.9. The lowest BCUT2D eigenvalue weighted by molar-refractivity contribution is -0.154. The monoisotopic (exact) mass is 618 g/mol. The summed E-state index contributed by atoms with van der Waals surface area (Å²) in [6, 6.07) is 3.62. The van der Waals surface area contributed by atoms with Crippen molar-refractivity contribution in [1.29, 1.82) is 0 Å². The van der Waals surface area contributed by atoms with Crippen molar-refractivity contribution in [2.75, 3.05) is 0 Å². The van der Waals surface area contributed by atoms with E-state index in [1.54, 1.807) is 13.8 Å². The average molecular weight is 618 g/mol. The fourth-order valence-corrected chi connectivity index (χ4v) is 8.18. The van der Waals surface area contributed by atoms with Crippen molar-refractivity contribution in [3.05, 3.63) is 28.8 Å². The molecule has 3 fully saturated rings. The van der Waals surface area contributed by atoms with Crippen molar-refractivity contribution in [3.63, 3.8) is 0 Å². The van der Waals surface area contributed by atoms with Gasteiger partial charge in [0.2, 0.25) is 0 Å². The van der Waals surface area contributed by atoms with Gasteiger partial charge in [-0.25, -0.2) is 4.83 Å². The number of aryl methyl sites for hydroxylation is 3. The smallest absolute Gasteiger partial charge is 0.460 e. The molecule has 1 aliphatic carbocycles. The molecule has 0 spiro atoms. The van der Waals surface area contributed by atoms with Crippen LogP contribution in [0.25, 0.3) is 0 Å². The summed E-state index contributed by atoms with van der Waals surface area (Å²) in [6.45, 7) is 24.5. The number of sulfonamides is 1. The van der Waals surface area contributed by atoms with Crippen molar-refractivity contribution in [1.82, 2.24) is 4.83 Å². The third kappa shape index (κ3) is 5.47. The van der Waals surface area contributed by atoms with Gasteiger partial charge in [0.25, 0.3) is 10.0 Å². The number of nitrogens with one attached hydrogen (secondary N) is 1. The lowest BCUT2D eigenvalue weighted by Gasteiger charge is -2.53. The largest absolute Gasteiger partial charge is 0.481 e. The van der Waals surface area contributed by atoms with E-state index in [1.165, 1.54) is 0 Å². The number of nitrogens with zero attached hydrogens (tertiary/aromatic N) is 1. The standard InChI is InChI=1S/C30H48B2N2O8S/c1-17(2)22-21(33-34-43(37,38)23-19(4)14-18(3)15-20(23)5)16-30(22,25(35)36)24(31-39-26(6,7)27(8,9)40-31)32-41-28(10,11)29(12,13)42-32/h14-15,17,22,24,34H,16H2,1-13H3,(H,35,36). The molecule has 1 aromatic carbocycles. The highest BCUT2D eigenvalue weighted by atomic mass is 32.2. The summed E-state index contributed by atoms with van der Waals surface area (Å²) in [4.78, 5) is 16.1. The molecular weight excluding hydrogens is 570 g/mol. The Labute approximate surface area is 258 Å². The first kappa shape index (κ1) is 34.0. The maximum atomic E-state index is 13.5. The molecule has 2 saturated heterocycles. The van der Waals surface area contributed by atoms with E-state index in [9.17, 15) is 18.3 Å². The molecule has 4 rings (SSSR count). The van der Waals surface area contributed by atoms with Crippen molar-refractivity contribution in [2.24, 2.45) is 22.4 Å². The second-order valence-electron chi connectivity index (χ2n) is 14.9. The number of carboxylic acid groups (broad SMARTS) is 1. The Morgan fingerprint density at radius 3 is 1.63 bits per heavy atom. The number of hydrazone groups is 1. The zero-order chi connectivity index (χ0) is 32.7. The molecule has 3 aliphatic rings. The predicted octanol–water partition coefficient (Wildman–Crippen LogP) is 5.09. The van der Waals surface area contributed by atoms with Crippen LogP contribution in [0, 0.1) is 38.0 Å². The second-order valence-corrected chi connectivity index (χ2v) is 16.5. The number of carbonyl (C=O) groups is 1.